The lowest BCUT2D eigenvalue weighted by molar-refractivity contribution is -0.130. The SMILES string of the molecule is COc1ccc(OC)c([C@@H]2CCN(C(=O)CN3CCOC3=O)C2)c1. The molecule has 0 N–H and O–H groups in total. The number of ether oxygens (including phenoxy) is 3. The molecule has 0 radical (unpaired) electrons. The van der Waals surface area contributed by atoms with Crippen molar-refractivity contribution in [3.8, 4) is 11.5 Å². The summed E-state index contributed by atoms with van der Waals surface area (Å²) in [6, 6.07) is 5.72. The lowest BCUT2D eigenvalue weighted by Crippen LogP contribution is -2.39. The average molecular weight is 334 g/mol. The predicted molar refractivity (Wildman–Crippen MR) is 86.4 cm³/mol. The Balaban J connectivity index is 1.66. The molecular weight excluding hydrogens is 312 g/mol. The second kappa shape index (κ2) is 6.98. The monoisotopic (exact) mass is 334 g/mol. The third kappa shape index (κ3) is 3.25. The van der Waals surface area contributed by atoms with Crippen LogP contribution in [0.2, 0.25) is 0 Å². The predicted octanol–water partition coefficient (Wildman–Crippen LogP) is 1.47. The highest BCUT2D eigenvalue weighted by Gasteiger charge is 2.32. The van der Waals surface area contributed by atoms with E-state index in [0.29, 0.717) is 26.2 Å². The molecule has 24 heavy (non-hydrogen) atoms. The van der Waals surface area contributed by atoms with Crippen molar-refractivity contribution in [2.24, 2.45) is 0 Å². The van der Waals surface area contributed by atoms with Crippen LogP contribution in [0.25, 0.3) is 0 Å². The van der Waals surface area contributed by atoms with Gasteiger partial charge >= 0.3 is 6.09 Å². The van der Waals surface area contributed by atoms with Crippen molar-refractivity contribution < 1.29 is 23.8 Å². The fraction of sp³-hybridized carbons (Fsp3) is 0.529. The topological polar surface area (TPSA) is 68.3 Å². The van der Waals surface area contributed by atoms with Crippen molar-refractivity contribution in [3.05, 3.63) is 23.8 Å². The number of hydrogen-bond donors (Lipinski definition) is 0. The number of amides is 2. The van der Waals surface area contributed by atoms with Crippen molar-refractivity contribution in [1.82, 2.24) is 9.80 Å². The molecule has 0 bridgehead atoms. The van der Waals surface area contributed by atoms with Crippen LogP contribution < -0.4 is 9.47 Å². The van der Waals surface area contributed by atoms with Crippen LogP contribution in [0.3, 0.4) is 0 Å². The van der Waals surface area contributed by atoms with E-state index in [1.807, 2.05) is 18.2 Å². The summed E-state index contributed by atoms with van der Waals surface area (Å²) in [6.45, 7) is 2.21. The molecule has 0 saturated carbocycles. The number of methoxy groups -OCH3 is 2. The van der Waals surface area contributed by atoms with Gasteiger partial charge < -0.3 is 19.1 Å². The Morgan fingerprint density at radius 3 is 2.79 bits per heavy atom. The molecule has 7 nitrogen and oxygen atoms in total. The van der Waals surface area contributed by atoms with E-state index in [9.17, 15) is 9.59 Å². The molecule has 7 heteroatoms. The van der Waals surface area contributed by atoms with Gasteiger partial charge in [0.25, 0.3) is 0 Å². The summed E-state index contributed by atoms with van der Waals surface area (Å²) in [5, 5.41) is 0. The van der Waals surface area contributed by atoms with Gasteiger partial charge in [-0.2, -0.15) is 0 Å². The number of benzene rings is 1. The van der Waals surface area contributed by atoms with E-state index in [0.717, 1.165) is 23.5 Å². The van der Waals surface area contributed by atoms with Crippen LogP contribution >= 0.6 is 0 Å². The second-order valence-electron chi connectivity index (χ2n) is 5.97. The van der Waals surface area contributed by atoms with Gasteiger partial charge in [0.15, 0.2) is 0 Å². The highest BCUT2D eigenvalue weighted by atomic mass is 16.6. The smallest absolute Gasteiger partial charge is 0.410 e. The Labute approximate surface area is 141 Å². The number of likely N-dealkylation sites (tertiary alicyclic amines) is 1. The Kier molecular flexibility index (Phi) is 4.78. The van der Waals surface area contributed by atoms with E-state index < -0.39 is 6.09 Å². The Morgan fingerprint density at radius 2 is 2.12 bits per heavy atom. The number of carbonyl (C=O) groups is 2. The molecule has 0 aliphatic carbocycles. The minimum Gasteiger partial charge on any atom is -0.497 e. The Hall–Kier alpha value is -2.44. The summed E-state index contributed by atoms with van der Waals surface area (Å²) in [5.41, 5.74) is 1.05. The molecule has 2 fully saturated rings. The molecule has 2 saturated heterocycles. The molecule has 2 aliphatic heterocycles. The van der Waals surface area contributed by atoms with E-state index >= 15 is 0 Å². The summed E-state index contributed by atoms with van der Waals surface area (Å²) in [5.74, 6) is 1.73. The lowest BCUT2D eigenvalue weighted by atomic mass is 9.97. The van der Waals surface area contributed by atoms with Gasteiger partial charge in [-0.3, -0.25) is 9.69 Å². The fourth-order valence-corrected chi connectivity index (χ4v) is 3.23. The maximum Gasteiger partial charge on any atom is 0.410 e. The lowest BCUT2D eigenvalue weighted by Gasteiger charge is -2.20. The second-order valence-corrected chi connectivity index (χ2v) is 5.97. The van der Waals surface area contributed by atoms with E-state index in [-0.39, 0.29) is 18.4 Å². The highest BCUT2D eigenvalue weighted by Crippen LogP contribution is 2.36. The molecule has 0 aromatic heterocycles. The van der Waals surface area contributed by atoms with Crippen molar-refractivity contribution in [1.29, 1.82) is 0 Å². The fourth-order valence-electron chi connectivity index (χ4n) is 3.23. The first-order valence-corrected chi connectivity index (χ1v) is 8.03. The molecule has 1 aromatic rings. The molecule has 3 rings (SSSR count). The van der Waals surface area contributed by atoms with Gasteiger partial charge in [0.05, 0.1) is 20.8 Å². The molecule has 2 heterocycles. The zero-order valence-corrected chi connectivity index (χ0v) is 14.0. The van der Waals surface area contributed by atoms with Crippen LogP contribution in [0, 0.1) is 0 Å². The number of carbonyl (C=O) groups excluding carboxylic acids is 2. The first-order valence-electron chi connectivity index (χ1n) is 8.03. The molecule has 1 aromatic carbocycles. The van der Waals surface area contributed by atoms with Crippen LogP contribution in [-0.4, -0.2) is 68.8 Å². The summed E-state index contributed by atoms with van der Waals surface area (Å²) < 4.78 is 15.6. The molecule has 0 unspecified atom stereocenters. The van der Waals surface area contributed by atoms with Gasteiger partial charge in [0, 0.05) is 24.6 Å². The first kappa shape index (κ1) is 16.4. The van der Waals surface area contributed by atoms with Crippen molar-refractivity contribution in [2.75, 3.05) is 47.0 Å². The zero-order chi connectivity index (χ0) is 17.1. The Morgan fingerprint density at radius 1 is 1.29 bits per heavy atom. The van der Waals surface area contributed by atoms with Crippen LogP contribution in [0.4, 0.5) is 4.79 Å². The normalized spacial score (nSPS) is 20.2. The van der Waals surface area contributed by atoms with Gasteiger partial charge in [0.2, 0.25) is 5.91 Å². The van der Waals surface area contributed by atoms with E-state index in [1.54, 1.807) is 19.1 Å². The van der Waals surface area contributed by atoms with Crippen molar-refractivity contribution in [2.45, 2.75) is 12.3 Å². The third-order valence-electron chi connectivity index (χ3n) is 4.59. The quantitative estimate of drug-likeness (QED) is 0.816. The molecule has 1 atom stereocenters. The van der Waals surface area contributed by atoms with Crippen LogP contribution in [0.1, 0.15) is 17.9 Å². The van der Waals surface area contributed by atoms with Gasteiger partial charge in [-0.15, -0.1) is 0 Å². The summed E-state index contributed by atoms with van der Waals surface area (Å²) in [4.78, 5) is 27.1. The minimum absolute atomic E-state index is 0.0433. The van der Waals surface area contributed by atoms with E-state index in [4.69, 9.17) is 14.2 Å². The highest BCUT2D eigenvalue weighted by molar-refractivity contribution is 5.83. The molecule has 2 amide bonds. The molecule has 0 spiro atoms. The van der Waals surface area contributed by atoms with Gasteiger partial charge in [-0.25, -0.2) is 4.79 Å². The van der Waals surface area contributed by atoms with Gasteiger partial charge in [0.1, 0.15) is 24.7 Å². The maximum atomic E-state index is 12.4. The number of rotatable bonds is 5. The standard InChI is InChI=1S/C17H22N2O5/c1-22-13-3-4-15(23-2)14(9-13)12-5-6-18(10-12)16(20)11-19-7-8-24-17(19)21/h3-4,9,12H,5-8,10-11H2,1-2H3/t12-/m1/s1. The van der Waals surface area contributed by atoms with Crippen molar-refractivity contribution in [3.63, 3.8) is 0 Å². The average Bonchev–Trinajstić information content (AvgIpc) is 3.24. The van der Waals surface area contributed by atoms with Crippen molar-refractivity contribution >= 4 is 12.0 Å². The molecule has 130 valence electrons. The zero-order valence-electron chi connectivity index (χ0n) is 14.0. The first-order chi connectivity index (χ1) is 11.6. The summed E-state index contributed by atoms with van der Waals surface area (Å²) >= 11 is 0. The third-order valence-corrected chi connectivity index (χ3v) is 4.59. The number of nitrogens with zero attached hydrogens (tertiary/aromatic N) is 2. The minimum atomic E-state index is -0.409. The molecule has 2 aliphatic rings. The van der Waals surface area contributed by atoms with Crippen LogP contribution in [-0.2, 0) is 9.53 Å². The number of hydrogen-bond acceptors (Lipinski definition) is 5. The number of cyclic esters (lactones) is 1. The maximum absolute atomic E-state index is 12.4. The molecular formula is C17H22N2O5. The largest absolute Gasteiger partial charge is 0.497 e. The van der Waals surface area contributed by atoms with E-state index in [2.05, 4.69) is 0 Å². The van der Waals surface area contributed by atoms with Gasteiger partial charge in [-0.1, -0.05) is 0 Å². The Bertz CT molecular complexity index is 633. The van der Waals surface area contributed by atoms with E-state index in [1.165, 1.54) is 4.90 Å². The van der Waals surface area contributed by atoms with Crippen LogP contribution in [0.5, 0.6) is 11.5 Å². The summed E-state index contributed by atoms with van der Waals surface area (Å²) in [7, 11) is 3.27. The summed E-state index contributed by atoms with van der Waals surface area (Å²) in [6.07, 6.45) is 0.452. The van der Waals surface area contributed by atoms with Gasteiger partial charge in [-0.05, 0) is 24.6 Å². The van der Waals surface area contributed by atoms with Crippen LogP contribution in [0.15, 0.2) is 18.2 Å².